The number of rotatable bonds is 7. The molecule has 1 atom stereocenters. The Balaban J connectivity index is 1.72. The number of carbonyl (C=O) groups is 1. The average Bonchev–Trinajstić information content (AvgIpc) is 3.27. The molecule has 1 saturated heterocycles. The molecule has 1 aromatic heterocycles. The van der Waals surface area contributed by atoms with Crippen LogP contribution in [0.3, 0.4) is 0 Å². The predicted octanol–water partition coefficient (Wildman–Crippen LogP) is 3.29. The number of hydrogen-bond acceptors (Lipinski definition) is 7. The zero-order valence-electron chi connectivity index (χ0n) is 18.4. The summed E-state index contributed by atoms with van der Waals surface area (Å²) in [6, 6.07) is 15.3. The van der Waals surface area contributed by atoms with Crippen molar-refractivity contribution in [3.8, 4) is 28.6 Å². The largest absolute Gasteiger partial charge is 0.497 e. The Morgan fingerprint density at radius 2 is 1.75 bits per heavy atom. The standard InChI is InChI=1S/C23H26N4O4S/c1-16(22(28)26-12-14-31-15-13-26)32-23-25-24-21(19-6-4-5-7-20(19)30-3)27(23)17-8-10-18(29-2)11-9-17/h4-11,16H,12-15H2,1-3H3. The molecule has 4 rings (SSSR count). The van der Waals surface area contributed by atoms with Crippen LogP contribution in [0.25, 0.3) is 17.1 Å². The lowest BCUT2D eigenvalue weighted by Gasteiger charge is -2.28. The van der Waals surface area contributed by atoms with Gasteiger partial charge in [-0.1, -0.05) is 23.9 Å². The van der Waals surface area contributed by atoms with Gasteiger partial charge in [-0.3, -0.25) is 9.36 Å². The quantitative estimate of drug-likeness (QED) is 0.507. The molecular weight excluding hydrogens is 428 g/mol. The molecule has 1 amide bonds. The van der Waals surface area contributed by atoms with Gasteiger partial charge in [-0.2, -0.15) is 0 Å². The van der Waals surface area contributed by atoms with Gasteiger partial charge in [0.2, 0.25) is 5.91 Å². The second kappa shape index (κ2) is 10.1. The molecule has 0 aliphatic carbocycles. The van der Waals surface area contributed by atoms with E-state index in [-0.39, 0.29) is 11.2 Å². The van der Waals surface area contributed by atoms with E-state index in [9.17, 15) is 4.79 Å². The molecule has 1 unspecified atom stereocenters. The third-order valence-corrected chi connectivity index (χ3v) is 6.29. The summed E-state index contributed by atoms with van der Waals surface area (Å²) in [5.74, 6) is 2.16. The number of amides is 1. The van der Waals surface area contributed by atoms with Gasteiger partial charge in [0.25, 0.3) is 0 Å². The van der Waals surface area contributed by atoms with Gasteiger partial charge in [-0.05, 0) is 43.3 Å². The molecule has 32 heavy (non-hydrogen) atoms. The van der Waals surface area contributed by atoms with E-state index in [2.05, 4.69) is 10.2 Å². The number of benzene rings is 2. The van der Waals surface area contributed by atoms with Gasteiger partial charge in [-0.25, -0.2) is 0 Å². The molecule has 2 aromatic carbocycles. The van der Waals surface area contributed by atoms with E-state index < -0.39 is 0 Å². The van der Waals surface area contributed by atoms with E-state index in [0.29, 0.717) is 43.0 Å². The van der Waals surface area contributed by atoms with E-state index >= 15 is 0 Å². The maximum absolute atomic E-state index is 13.0. The molecule has 1 aliphatic heterocycles. The lowest BCUT2D eigenvalue weighted by atomic mass is 10.2. The average molecular weight is 455 g/mol. The molecule has 0 saturated carbocycles. The summed E-state index contributed by atoms with van der Waals surface area (Å²) < 4.78 is 18.2. The van der Waals surface area contributed by atoms with Gasteiger partial charge in [0.1, 0.15) is 11.5 Å². The second-order valence-corrected chi connectivity index (χ2v) is 8.55. The van der Waals surface area contributed by atoms with Crippen molar-refractivity contribution in [2.45, 2.75) is 17.3 Å². The van der Waals surface area contributed by atoms with Crippen molar-refractivity contribution in [1.29, 1.82) is 0 Å². The molecule has 1 aliphatic rings. The van der Waals surface area contributed by atoms with E-state index in [0.717, 1.165) is 17.0 Å². The molecule has 9 heteroatoms. The molecule has 0 bridgehead atoms. The number of para-hydroxylation sites is 1. The van der Waals surface area contributed by atoms with Gasteiger partial charge >= 0.3 is 0 Å². The van der Waals surface area contributed by atoms with Gasteiger partial charge in [0.15, 0.2) is 11.0 Å². The number of aromatic nitrogens is 3. The number of hydrogen-bond donors (Lipinski definition) is 0. The van der Waals surface area contributed by atoms with E-state index in [1.165, 1.54) is 11.8 Å². The van der Waals surface area contributed by atoms with Crippen molar-refractivity contribution >= 4 is 17.7 Å². The Kier molecular flexibility index (Phi) is 6.96. The normalized spacial score (nSPS) is 14.8. The number of morpholine rings is 1. The molecule has 2 heterocycles. The van der Waals surface area contributed by atoms with Gasteiger partial charge in [0, 0.05) is 13.1 Å². The van der Waals surface area contributed by atoms with Crippen LogP contribution in [0.4, 0.5) is 0 Å². The molecule has 168 valence electrons. The summed E-state index contributed by atoms with van der Waals surface area (Å²) in [4.78, 5) is 14.8. The van der Waals surface area contributed by atoms with Crippen LogP contribution in [0.1, 0.15) is 6.92 Å². The first-order valence-electron chi connectivity index (χ1n) is 10.4. The number of nitrogens with zero attached hydrogens (tertiary/aromatic N) is 4. The fourth-order valence-electron chi connectivity index (χ4n) is 3.56. The summed E-state index contributed by atoms with van der Waals surface area (Å²) in [6.07, 6.45) is 0. The monoisotopic (exact) mass is 454 g/mol. The minimum absolute atomic E-state index is 0.0708. The van der Waals surface area contributed by atoms with Crippen LogP contribution in [0.15, 0.2) is 53.7 Å². The summed E-state index contributed by atoms with van der Waals surface area (Å²) in [7, 11) is 3.26. The summed E-state index contributed by atoms with van der Waals surface area (Å²) >= 11 is 1.39. The zero-order chi connectivity index (χ0) is 22.5. The van der Waals surface area contributed by atoms with Crippen molar-refractivity contribution in [3.63, 3.8) is 0 Å². The number of carbonyl (C=O) groups excluding carboxylic acids is 1. The summed E-state index contributed by atoms with van der Waals surface area (Å²) in [6.45, 7) is 4.27. The summed E-state index contributed by atoms with van der Waals surface area (Å²) in [5.41, 5.74) is 1.68. The highest BCUT2D eigenvalue weighted by Gasteiger charge is 2.27. The van der Waals surface area contributed by atoms with E-state index in [1.54, 1.807) is 14.2 Å². The lowest BCUT2D eigenvalue weighted by Crippen LogP contribution is -2.44. The van der Waals surface area contributed by atoms with Crippen LogP contribution in [0.5, 0.6) is 11.5 Å². The number of ether oxygens (including phenoxy) is 3. The molecular formula is C23H26N4O4S. The van der Waals surface area contributed by atoms with Crippen molar-refractivity contribution in [3.05, 3.63) is 48.5 Å². The first-order valence-corrected chi connectivity index (χ1v) is 11.3. The minimum Gasteiger partial charge on any atom is -0.497 e. The molecule has 0 spiro atoms. The Morgan fingerprint density at radius 1 is 1.03 bits per heavy atom. The molecule has 8 nitrogen and oxygen atoms in total. The van der Waals surface area contributed by atoms with E-state index in [4.69, 9.17) is 14.2 Å². The highest BCUT2D eigenvalue weighted by molar-refractivity contribution is 8.00. The van der Waals surface area contributed by atoms with Gasteiger partial charge in [-0.15, -0.1) is 10.2 Å². The fourth-order valence-corrected chi connectivity index (χ4v) is 4.51. The Morgan fingerprint density at radius 3 is 2.44 bits per heavy atom. The number of methoxy groups -OCH3 is 2. The maximum Gasteiger partial charge on any atom is 0.236 e. The fraction of sp³-hybridized carbons (Fsp3) is 0.348. The SMILES string of the molecule is COc1ccc(-n2c(SC(C)C(=O)N3CCOCC3)nnc2-c2ccccc2OC)cc1. The lowest BCUT2D eigenvalue weighted by molar-refractivity contribution is -0.134. The molecule has 3 aromatic rings. The van der Waals surface area contributed by atoms with Crippen molar-refractivity contribution < 1.29 is 19.0 Å². The maximum atomic E-state index is 13.0. The second-order valence-electron chi connectivity index (χ2n) is 7.24. The van der Waals surface area contributed by atoms with Crippen molar-refractivity contribution in [2.24, 2.45) is 0 Å². The predicted molar refractivity (Wildman–Crippen MR) is 123 cm³/mol. The van der Waals surface area contributed by atoms with Crippen LogP contribution in [0, 0.1) is 0 Å². The van der Waals surface area contributed by atoms with Crippen LogP contribution in [-0.2, 0) is 9.53 Å². The Bertz CT molecular complexity index is 1060. The topological polar surface area (TPSA) is 78.7 Å². The Labute approximate surface area is 191 Å². The third kappa shape index (κ3) is 4.58. The van der Waals surface area contributed by atoms with E-state index in [1.807, 2.05) is 64.9 Å². The molecule has 0 radical (unpaired) electrons. The third-order valence-electron chi connectivity index (χ3n) is 5.26. The van der Waals surface area contributed by atoms with Crippen LogP contribution < -0.4 is 9.47 Å². The molecule has 1 fully saturated rings. The van der Waals surface area contributed by atoms with Crippen LogP contribution in [0.2, 0.25) is 0 Å². The van der Waals surface area contributed by atoms with Crippen molar-refractivity contribution in [2.75, 3.05) is 40.5 Å². The van der Waals surface area contributed by atoms with Crippen LogP contribution in [-0.4, -0.2) is 71.3 Å². The first-order chi connectivity index (χ1) is 15.6. The zero-order valence-corrected chi connectivity index (χ0v) is 19.2. The highest BCUT2D eigenvalue weighted by atomic mass is 32.2. The van der Waals surface area contributed by atoms with Gasteiger partial charge < -0.3 is 19.1 Å². The molecule has 0 N–H and O–H groups in total. The van der Waals surface area contributed by atoms with Gasteiger partial charge in [0.05, 0.1) is 43.9 Å². The first kappa shape index (κ1) is 22.2. The van der Waals surface area contributed by atoms with Crippen LogP contribution >= 0.6 is 11.8 Å². The Hall–Kier alpha value is -3.04. The summed E-state index contributed by atoms with van der Waals surface area (Å²) in [5, 5.41) is 9.23. The van der Waals surface area contributed by atoms with Crippen molar-refractivity contribution in [1.82, 2.24) is 19.7 Å². The number of thioether (sulfide) groups is 1. The smallest absolute Gasteiger partial charge is 0.236 e. The minimum atomic E-state index is -0.320. The highest BCUT2D eigenvalue weighted by Crippen LogP contribution is 2.35.